The molecule has 0 unspecified atom stereocenters. The Morgan fingerprint density at radius 2 is 2.17 bits per heavy atom. The van der Waals surface area contributed by atoms with Crippen LogP contribution in [0.15, 0.2) is 42.6 Å². The average Bonchev–Trinajstić information content (AvgIpc) is 2.76. The van der Waals surface area contributed by atoms with Gasteiger partial charge >= 0.3 is 0 Å². The lowest BCUT2D eigenvalue weighted by atomic mass is 10.2. The second-order valence-corrected chi connectivity index (χ2v) is 4.09. The molecule has 2 aromatic rings. The van der Waals surface area contributed by atoms with E-state index in [1.54, 1.807) is 17.7 Å². The van der Waals surface area contributed by atoms with Crippen molar-refractivity contribution in [3.63, 3.8) is 0 Å². The highest BCUT2D eigenvalue weighted by Gasteiger charge is 2.08. The number of methoxy groups -OCH3 is 1. The summed E-state index contributed by atoms with van der Waals surface area (Å²) in [5.74, 6) is -0.114. The largest absolute Gasteiger partial charge is 0.380 e. The summed E-state index contributed by atoms with van der Waals surface area (Å²) in [5, 5.41) is 2.87. The predicted molar refractivity (Wildman–Crippen MR) is 70.5 cm³/mol. The molecule has 4 nitrogen and oxygen atoms in total. The van der Waals surface area contributed by atoms with Crippen LogP contribution in [0.1, 0.15) is 16.1 Å². The monoisotopic (exact) mass is 244 g/mol. The summed E-state index contributed by atoms with van der Waals surface area (Å²) in [7, 11) is 3.49. The molecule has 94 valence electrons. The molecule has 1 amide bonds. The topological polar surface area (TPSA) is 43.3 Å². The minimum Gasteiger partial charge on any atom is -0.380 e. The molecule has 1 N–H and O–H groups in total. The van der Waals surface area contributed by atoms with E-state index in [1.165, 1.54) is 0 Å². The highest BCUT2D eigenvalue weighted by atomic mass is 16.5. The minimum atomic E-state index is -0.114. The normalized spacial score (nSPS) is 10.3. The van der Waals surface area contributed by atoms with E-state index in [9.17, 15) is 4.79 Å². The van der Waals surface area contributed by atoms with Crippen LogP contribution in [0.3, 0.4) is 0 Å². The van der Waals surface area contributed by atoms with E-state index in [0.29, 0.717) is 12.3 Å². The molecule has 0 aliphatic heterocycles. The molecule has 0 saturated heterocycles. The van der Waals surface area contributed by atoms with Crippen molar-refractivity contribution in [2.24, 2.45) is 7.05 Å². The number of rotatable bonds is 4. The van der Waals surface area contributed by atoms with Gasteiger partial charge < -0.3 is 14.6 Å². The summed E-state index contributed by atoms with van der Waals surface area (Å²) in [6.45, 7) is 0.536. The van der Waals surface area contributed by atoms with Crippen LogP contribution in [0.5, 0.6) is 0 Å². The maximum Gasteiger partial charge on any atom is 0.272 e. The van der Waals surface area contributed by atoms with Gasteiger partial charge in [0.15, 0.2) is 0 Å². The number of carbonyl (C=O) groups excluding carboxylic acids is 1. The van der Waals surface area contributed by atoms with Gasteiger partial charge in [-0.3, -0.25) is 4.79 Å². The maximum absolute atomic E-state index is 12.0. The number of nitrogens with one attached hydrogen (secondary N) is 1. The van der Waals surface area contributed by atoms with E-state index in [2.05, 4.69) is 5.32 Å². The lowest BCUT2D eigenvalue weighted by Gasteiger charge is -2.07. The smallest absolute Gasteiger partial charge is 0.272 e. The summed E-state index contributed by atoms with van der Waals surface area (Å²) in [6.07, 6.45) is 1.84. The van der Waals surface area contributed by atoms with E-state index in [-0.39, 0.29) is 5.91 Å². The van der Waals surface area contributed by atoms with Gasteiger partial charge in [0.25, 0.3) is 5.91 Å². The summed E-state index contributed by atoms with van der Waals surface area (Å²) >= 11 is 0. The van der Waals surface area contributed by atoms with Crippen LogP contribution in [0.4, 0.5) is 5.69 Å². The highest BCUT2D eigenvalue weighted by Crippen LogP contribution is 2.13. The molecule has 18 heavy (non-hydrogen) atoms. The highest BCUT2D eigenvalue weighted by molar-refractivity contribution is 6.03. The molecule has 0 saturated carbocycles. The summed E-state index contributed by atoms with van der Waals surface area (Å²) < 4.78 is 6.85. The second kappa shape index (κ2) is 5.51. The molecule has 1 aromatic heterocycles. The van der Waals surface area contributed by atoms with Crippen molar-refractivity contribution in [2.75, 3.05) is 12.4 Å². The van der Waals surface area contributed by atoms with Crippen molar-refractivity contribution in [2.45, 2.75) is 6.61 Å². The van der Waals surface area contributed by atoms with Crippen LogP contribution in [-0.2, 0) is 18.4 Å². The summed E-state index contributed by atoms with van der Waals surface area (Å²) in [5.41, 5.74) is 2.44. The Bertz CT molecular complexity index is 546. The molecule has 0 fully saturated rings. The zero-order chi connectivity index (χ0) is 13.0. The Hall–Kier alpha value is -2.07. The quantitative estimate of drug-likeness (QED) is 0.897. The first-order chi connectivity index (χ1) is 8.70. The van der Waals surface area contributed by atoms with Crippen molar-refractivity contribution in [3.8, 4) is 0 Å². The number of aryl methyl sites for hydroxylation is 1. The van der Waals surface area contributed by atoms with Gasteiger partial charge in [-0.25, -0.2) is 0 Å². The molecule has 0 atom stereocenters. The van der Waals surface area contributed by atoms with Crippen molar-refractivity contribution in [1.82, 2.24) is 4.57 Å². The van der Waals surface area contributed by atoms with Crippen molar-refractivity contribution in [1.29, 1.82) is 0 Å². The van der Waals surface area contributed by atoms with E-state index < -0.39 is 0 Å². The van der Waals surface area contributed by atoms with Gasteiger partial charge in [0, 0.05) is 26.0 Å². The lowest BCUT2D eigenvalue weighted by molar-refractivity contribution is 0.101. The Labute approximate surface area is 106 Å². The molecule has 0 radical (unpaired) electrons. The SMILES string of the molecule is COCc1cccc(NC(=O)c2cccn2C)c1. The van der Waals surface area contributed by atoms with E-state index >= 15 is 0 Å². The first kappa shape index (κ1) is 12.4. The summed E-state index contributed by atoms with van der Waals surface area (Å²) in [4.78, 5) is 12.0. The molecular weight excluding hydrogens is 228 g/mol. The van der Waals surface area contributed by atoms with Crippen molar-refractivity contribution in [3.05, 3.63) is 53.9 Å². The second-order valence-electron chi connectivity index (χ2n) is 4.09. The van der Waals surface area contributed by atoms with Gasteiger partial charge in [-0.05, 0) is 29.8 Å². The lowest BCUT2D eigenvalue weighted by Crippen LogP contribution is -2.15. The molecule has 0 bridgehead atoms. The standard InChI is InChI=1S/C14H16N2O2/c1-16-8-4-7-13(16)14(17)15-12-6-3-5-11(9-12)10-18-2/h3-9H,10H2,1-2H3,(H,15,17). The maximum atomic E-state index is 12.0. The Balaban J connectivity index is 2.12. The Morgan fingerprint density at radius 1 is 1.33 bits per heavy atom. The fraction of sp³-hybridized carbons (Fsp3) is 0.214. The molecule has 1 heterocycles. The van der Waals surface area contributed by atoms with Crippen molar-refractivity contribution >= 4 is 11.6 Å². The third-order valence-corrected chi connectivity index (χ3v) is 2.67. The number of ether oxygens (including phenoxy) is 1. The van der Waals surface area contributed by atoms with Crippen LogP contribution in [0.25, 0.3) is 0 Å². The first-order valence-corrected chi connectivity index (χ1v) is 5.71. The molecule has 0 aliphatic rings. The predicted octanol–water partition coefficient (Wildman–Crippen LogP) is 2.42. The van der Waals surface area contributed by atoms with Gasteiger partial charge in [0.05, 0.1) is 6.61 Å². The van der Waals surface area contributed by atoms with Crippen molar-refractivity contribution < 1.29 is 9.53 Å². The zero-order valence-electron chi connectivity index (χ0n) is 10.5. The molecule has 4 heteroatoms. The number of hydrogen-bond acceptors (Lipinski definition) is 2. The molecule has 0 spiro atoms. The van der Waals surface area contributed by atoms with Crippen LogP contribution in [-0.4, -0.2) is 17.6 Å². The number of aromatic nitrogens is 1. The van der Waals surface area contributed by atoms with E-state index in [1.807, 2.05) is 43.6 Å². The van der Waals surface area contributed by atoms with Gasteiger partial charge in [0.2, 0.25) is 0 Å². The number of nitrogens with zero attached hydrogens (tertiary/aromatic N) is 1. The third kappa shape index (κ3) is 2.78. The number of amides is 1. The number of benzene rings is 1. The van der Waals surface area contributed by atoms with Gasteiger partial charge in [0.1, 0.15) is 5.69 Å². The van der Waals surface area contributed by atoms with Crippen LogP contribution >= 0.6 is 0 Å². The molecule has 0 aliphatic carbocycles. The number of carbonyl (C=O) groups is 1. The molecule has 1 aromatic carbocycles. The van der Waals surface area contributed by atoms with Crippen LogP contribution in [0.2, 0.25) is 0 Å². The van der Waals surface area contributed by atoms with Gasteiger partial charge in [-0.15, -0.1) is 0 Å². The molecule has 2 rings (SSSR count). The fourth-order valence-corrected chi connectivity index (χ4v) is 1.80. The summed E-state index contributed by atoms with van der Waals surface area (Å²) in [6, 6.07) is 11.3. The van der Waals surface area contributed by atoms with E-state index in [0.717, 1.165) is 11.3 Å². The number of anilines is 1. The first-order valence-electron chi connectivity index (χ1n) is 5.71. The average molecular weight is 244 g/mol. The fourth-order valence-electron chi connectivity index (χ4n) is 1.80. The van der Waals surface area contributed by atoms with Crippen LogP contribution < -0.4 is 5.32 Å². The Kier molecular flexibility index (Phi) is 3.79. The third-order valence-electron chi connectivity index (χ3n) is 2.67. The molecular formula is C14H16N2O2. The van der Waals surface area contributed by atoms with E-state index in [4.69, 9.17) is 4.74 Å². The van der Waals surface area contributed by atoms with Crippen LogP contribution in [0, 0.1) is 0 Å². The Morgan fingerprint density at radius 3 is 2.83 bits per heavy atom. The van der Waals surface area contributed by atoms with Gasteiger partial charge in [-0.2, -0.15) is 0 Å². The minimum absolute atomic E-state index is 0.114. The van der Waals surface area contributed by atoms with Gasteiger partial charge in [-0.1, -0.05) is 12.1 Å². The number of hydrogen-bond donors (Lipinski definition) is 1. The zero-order valence-corrected chi connectivity index (χ0v) is 10.5.